The maximum atomic E-state index is 11.9. The SMILES string of the molecule is COc1ccccc1CC(=O)NC(C)(C)CBr. The molecule has 0 heterocycles. The highest BCUT2D eigenvalue weighted by atomic mass is 79.9. The van der Waals surface area contributed by atoms with Gasteiger partial charge in [0.25, 0.3) is 0 Å². The maximum absolute atomic E-state index is 11.9. The van der Waals surface area contributed by atoms with Gasteiger partial charge in [0.05, 0.1) is 13.5 Å². The van der Waals surface area contributed by atoms with E-state index in [1.54, 1.807) is 7.11 Å². The molecular weight excluding hydrogens is 282 g/mol. The van der Waals surface area contributed by atoms with Crippen molar-refractivity contribution < 1.29 is 9.53 Å². The van der Waals surface area contributed by atoms with Gasteiger partial charge in [-0.3, -0.25) is 4.79 Å². The first kappa shape index (κ1) is 14.0. The number of benzene rings is 1. The summed E-state index contributed by atoms with van der Waals surface area (Å²) in [6, 6.07) is 7.56. The number of rotatable bonds is 5. The Morgan fingerprint density at radius 2 is 2.06 bits per heavy atom. The lowest BCUT2D eigenvalue weighted by molar-refractivity contribution is -0.121. The Labute approximate surface area is 111 Å². The minimum Gasteiger partial charge on any atom is -0.496 e. The fourth-order valence-electron chi connectivity index (χ4n) is 1.48. The van der Waals surface area contributed by atoms with Gasteiger partial charge in [0, 0.05) is 16.4 Å². The van der Waals surface area contributed by atoms with Crippen LogP contribution in [-0.4, -0.2) is 23.9 Å². The predicted molar refractivity (Wildman–Crippen MR) is 72.7 cm³/mol. The van der Waals surface area contributed by atoms with E-state index in [4.69, 9.17) is 4.74 Å². The molecule has 0 fully saturated rings. The molecule has 0 aliphatic heterocycles. The molecule has 0 radical (unpaired) electrons. The zero-order chi connectivity index (χ0) is 12.9. The van der Waals surface area contributed by atoms with Crippen LogP contribution in [0.4, 0.5) is 0 Å². The quantitative estimate of drug-likeness (QED) is 0.849. The summed E-state index contributed by atoms with van der Waals surface area (Å²) < 4.78 is 5.21. The lowest BCUT2D eigenvalue weighted by Crippen LogP contribution is -2.45. The molecule has 0 unspecified atom stereocenters. The van der Waals surface area contributed by atoms with Crippen LogP contribution in [0.5, 0.6) is 5.75 Å². The van der Waals surface area contributed by atoms with Crippen LogP contribution in [0.3, 0.4) is 0 Å². The van der Waals surface area contributed by atoms with Gasteiger partial charge < -0.3 is 10.1 Å². The summed E-state index contributed by atoms with van der Waals surface area (Å²) in [5.74, 6) is 0.748. The van der Waals surface area contributed by atoms with Crippen molar-refractivity contribution in [3.8, 4) is 5.75 Å². The number of ether oxygens (including phenoxy) is 1. The Balaban J connectivity index is 2.68. The second-order valence-electron chi connectivity index (χ2n) is 4.55. The number of amides is 1. The smallest absolute Gasteiger partial charge is 0.224 e. The second-order valence-corrected chi connectivity index (χ2v) is 5.12. The fourth-order valence-corrected chi connectivity index (χ4v) is 1.62. The molecule has 0 aromatic heterocycles. The summed E-state index contributed by atoms with van der Waals surface area (Å²) in [5, 5.41) is 3.68. The zero-order valence-corrected chi connectivity index (χ0v) is 12.0. The Kier molecular flexibility index (Phi) is 5.00. The molecule has 0 spiro atoms. The number of nitrogens with one attached hydrogen (secondary N) is 1. The van der Waals surface area contributed by atoms with E-state index < -0.39 is 0 Å². The molecule has 1 N–H and O–H groups in total. The van der Waals surface area contributed by atoms with Gasteiger partial charge in [-0.05, 0) is 19.9 Å². The Hall–Kier alpha value is -1.03. The second kappa shape index (κ2) is 6.05. The lowest BCUT2D eigenvalue weighted by atomic mass is 10.1. The third-order valence-corrected chi connectivity index (χ3v) is 3.76. The third kappa shape index (κ3) is 4.38. The van der Waals surface area contributed by atoms with Crippen LogP contribution in [0.15, 0.2) is 24.3 Å². The largest absolute Gasteiger partial charge is 0.496 e. The number of halogens is 1. The van der Waals surface area contributed by atoms with Crippen LogP contribution >= 0.6 is 15.9 Å². The van der Waals surface area contributed by atoms with Crippen molar-refractivity contribution in [2.45, 2.75) is 25.8 Å². The molecule has 0 saturated carbocycles. The summed E-state index contributed by atoms with van der Waals surface area (Å²) in [5.41, 5.74) is 0.664. The average Bonchev–Trinajstić information content (AvgIpc) is 2.29. The fraction of sp³-hybridized carbons (Fsp3) is 0.462. The van der Waals surface area contributed by atoms with E-state index in [9.17, 15) is 4.79 Å². The predicted octanol–water partition coefficient (Wildman–Crippen LogP) is 2.53. The Morgan fingerprint density at radius 1 is 1.41 bits per heavy atom. The first-order chi connectivity index (χ1) is 7.98. The summed E-state index contributed by atoms with van der Waals surface area (Å²) in [4.78, 5) is 11.9. The minimum absolute atomic E-state index is 0.000972. The van der Waals surface area contributed by atoms with Crippen LogP contribution in [0.25, 0.3) is 0 Å². The number of alkyl halides is 1. The normalized spacial score (nSPS) is 11.1. The highest BCUT2D eigenvalue weighted by molar-refractivity contribution is 9.09. The molecule has 4 heteroatoms. The number of methoxy groups -OCH3 is 1. The van der Waals surface area contributed by atoms with E-state index in [2.05, 4.69) is 21.2 Å². The molecule has 94 valence electrons. The molecular formula is C13H18BrNO2. The van der Waals surface area contributed by atoms with Crippen molar-refractivity contribution in [2.24, 2.45) is 0 Å². The molecule has 0 bridgehead atoms. The third-order valence-electron chi connectivity index (χ3n) is 2.36. The van der Waals surface area contributed by atoms with Crippen molar-refractivity contribution in [1.29, 1.82) is 0 Å². The van der Waals surface area contributed by atoms with E-state index >= 15 is 0 Å². The van der Waals surface area contributed by atoms with Gasteiger partial charge in [-0.1, -0.05) is 34.1 Å². The molecule has 0 aliphatic carbocycles. The van der Waals surface area contributed by atoms with E-state index in [0.29, 0.717) is 6.42 Å². The maximum Gasteiger partial charge on any atom is 0.224 e. The van der Waals surface area contributed by atoms with E-state index in [1.165, 1.54) is 0 Å². The molecule has 1 rings (SSSR count). The lowest BCUT2D eigenvalue weighted by Gasteiger charge is -2.23. The van der Waals surface area contributed by atoms with E-state index in [-0.39, 0.29) is 11.4 Å². The van der Waals surface area contributed by atoms with Crippen LogP contribution < -0.4 is 10.1 Å². The number of para-hydroxylation sites is 1. The van der Waals surface area contributed by atoms with Crippen molar-refractivity contribution in [2.75, 3.05) is 12.4 Å². The highest BCUT2D eigenvalue weighted by Gasteiger charge is 2.19. The molecule has 1 amide bonds. The number of hydrogen-bond acceptors (Lipinski definition) is 2. The minimum atomic E-state index is -0.237. The van der Waals surface area contributed by atoms with Crippen molar-refractivity contribution in [1.82, 2.24) is 5.32 Å². The summed E-state index contributed by atoms with van der Waals surface area (Å²) in [6.45, 7) is 3.95. The summed E-state index contributed by atoms with van der Waals surface area (Å²) in [7, 11) is 1.61. The van der Waals surface area contributed by atoms with Gasteiger partial charge in [-0.25, -0.2) is 0 Å². The van der Waals surface area contributed by atoms with Crippen LogP contribution in [0, 0.1) is 0 Å². The molecule has 3 nitrogen and oxygen atoms in total. The number of carbonyl (C=O) groups is 1. The van der Waals surface area contributed by atoms with Crippen molar-refractivity contribution in [3.05, 3.63) is 29.8 Å². The highest BCUT2D eigenvalue weighted by Crippen LogP contribution is 2.18. The van der Waals surface area contributed by atoms with Crippen LogP contribution in [0.2, 0.25) is 0 Å². The summed E-state index contributed by atoms with van der Waals surface area (Å²) in [6.07, 6.45) is 0.334. The molecule has 0 saturated heterocycles. The van der Waals surface area contributed by atoms with E-state index in [0.717, 1.165) is 16.6 Å². The van der Waals surface area contributed by atoms with Gasteiger partial charge in [-0.2, -0.15) is 0 Å². The molecule has 0 atom stereocenters. The van der Waals surface area contributed by atoms with Gasteiger partial charge in [0.1, 0.15) is 5.75 Å². The van der Waals surface area contributed by atoms with Gasteiger partial charge in [-0.15, -0.1) is 0 Å². The van der Waals surface area contributed by atoms with Crippen LogP contribution in [0.1, 0.15) is 19.4 Å². The number of hydrogen-bond donors (Lipinski definition) is 1. The van der Waals surface area contributed by atoms with Crippen molar-refractivity contribution in [3.63, 3.8) is 0 Å². The zero-order valence-electron chi connectivity index (χ0n) is 10.4. The first-order valence-corrected chi connectivity index (χ1v) is 6.59. The van der Waals surface area contributed by atoms with Gasteiger partial charge >= 0.3 is 0 Å². The molecule has 1 aromatic carbocycles. The summed E-state index contributed by atoms with van der Waals surface area (Å²) >= 11 is 3.37. The van der Waals surface area contributed by atoms with Crippen molar-refractivity contribution >= 4 is 21.8 Å². The average molecular weight is 300 g/mol. The molecule has 0 aliphatic rings. The van der Waals surface area contributed by atoms with Crippen LogP contribution in [-0.2, 0) is 11.2 Å². The first-order valence-electron chi connectivity index (χ1n) is 5.47. The standard InChI is InChI=1S/C13H18BrNO2/c1-13(2,9-14)15-12(16)8-10-6-4-5-7-11(10)17-3/h4-7H,8-9H2,1-3H3,(H,15,16). The van der Waals surface area contributed by atoms with E-state index in [1.807, 2.05) is 38.1 Å². The molecule has 1 aromatic rings. The molecule has 17 heavy (non-hydrogen) atoms. The van der Waals surface area contributed by atoms with Gasteiger partial charge in [0.15, 0.2) is 0 Å². The topological polar surface area (TPSA) is 38.3 Å². The Morgan fingerprint density at radius 3 is 2.65 bits per heavy atom. The Bertz CT molecular complexity index is 391. The monoisotopic (exact) mass is 299 g/mol. The van der Waals surface area contributed by atoms with Gasteiger partial charge in [0.2, 0.25) is 5.91 Å². The number of carbonyl (C=O) groups excluding carboxylic acids is 1.